The van der Waals surface area contributed by atoms with Gasteiger partial charge in [-0.3, -0.25) is 0 Å². The van der Waals surface area contributed by atoms with Gasteiger partial charge in [-0.05, 0) is 43.2 Å². The molecule has 5 heteroatoms. The molecule has 2 rings (SSSR count). The molecule has 0 atom stereocenters. The summed E-state index contributed by atoms with van der Waals surface area (Å²) in [6.45, 7) is 3.55. The van der Waals surface area contributed by atoms with Crippen LogP contribution in [-0.4, -0.2) is 17.7 Å². The van der Waals surface area contributed by atoms with Crippen LogP contribution in [0.25, 0.3) is 11.1 Å². The maximum absolute atomic E-state index is 13.0. The molecule has 0 saturated heterocycles. The Balaban J connectivity index is 2.68. The average molecular weight is 309 g/mol. The Bertz CT molecular complexity index is 681. The van der Waals surface area contributed by atoms with Crippen LogP contribution >= 0.6 is 11.6 Å². The number of carbonyl (C=O) groups excluding carboxylic acids is 1. The van der Waals surface area contributed by atoms with Gasteiger partial charge in [-0.15, -0.1) is 0 Å². The Labute approximate surface area is 126 Å². The molecule has 110 valence electrons. The lowest BCUT2D eigenvalue weighted by Crippen LogP contribution is -2.08. The van der Waals surface area contributed by atoms with Gasteiger partial charge in [0.15, 0.2) is 0 Å². The van der Waals surface area contributed by atoms with Crippen molar-refractivity contribution < 1.29 is 19.0 Å². The second-order valence-corrected chi connectivity index (χ2v) is 4.88. The molecule has 0 saturated carbocycles. The van der Waals surface area contributed by atoms with Crippen LogP contribution in [0.15, 0.2) is 30.3 Å². The Kier molecular flexibility index (Phi) is 4.48. The number of benzene rings is 2. The van der Waals surface area contributed by atoms with Crippen molar-refractivity contribution in [3.05, 3.63) is 52.3 Å². The van der Waals surface area contributed by atoms with Gasteiger partial charge in [0, 0.05) is 5.56 Å². The van der Waals surface area contributed by atoms with Crippen molar-refractivity contribution in [2.75, 3.05) is 6.61 Å². The van der Waals surface area contributed by atoms with Crippen LogP contribution < -0.4 is 0 Å². The molecule has 0 aliphatic rings. The van der Waals surface area contributed by atoms with Crippen LogP contribution in [0.1, 0.15) is 22.8 Å². The summed E-state index contributed by atoms with van der Waals surface area (Å²) in [5, 5.41) is 10.3. The third-order valence-electron chi connectivity index (χ3n) is 3.06. The van der Waals surface area contributed by atoms with Gasteiger partial charge in [-0.25, -0.2) is 9.18 Å². The first-order valence-electron chi connectivity index (χ1n) is 6.40. The SMILES string of the molecule is CCOC(=O)c1c(-c2ccc(F)cc2)cc(C)c(Cl)c1O. The summed E-state index contributed by atoms with van der Waals surface area (Å²) in [6, 6.07) is 7.29. The Hall–Kier alpha value is -2.07. The minimum atomic E-state index is -0.670. The molecule has 1 N–H and O–H groups in total. The first-order valence-corrected chi connectivity index (χ1v) is 6.78. The second kappa shape index (κ2) is 6.14. The number of ether oxygens (including phenoxy) is 1. The highest BCUT2D eigenvalue weighted by Crippen LogP contribution is 2.38. The van der Waals surface area contributed by atoms with E-state index in [2.05, 4.69) is 0 Å². The molecule has 0 radical (unpaired) electrons. The summed E-state index contributed by atoms with van der Waals surface area (Å²) in [6.07, 6.45) is 0. The van der Waals surface area contributed by atoms with Crippen LogP contribution in [0.4, 0.5) is 4.39 Å². The zero-order valence-electron chi connectivity index (χ0n) is 11.6. The highest BCUT2D eigenvalue weighted by atomic mass is 35.5. The van der Waals surface area contributed by atoms with Gasteiger partial charge in [-0.1, -0.05) is 23.7 Å². The molecule has 0 aromatic heterocycles. The Morgan fingerprint density at radius 2 is 1.95 bits per heavy atom. The lowest BCUT2D eigenvalue weighted by Gasteiger charge is -2.14. The smallest absolute Gasteiger partial charge is 0.342 e. The fraction of sp³-hybridized carbons (Fsp3) is 0.188. The maximum Gasteiger partial charge on any atom is 0.342 e. The summed E-state index contributed by atoms with van der Waals surface area (Å²) < 4.78 is 18.0. The summed E-state index contributed by atoms with van der Waals surface area (Å²) in [7, 11) is 0. The molecule has 0 spiro atoms. The topological polar surface area (TPSA) is 46.5 Å². The van der Waals surface area contributed by atoms with Gasteiger partial charge < -0.3 is 9.84 Å². The highest BCUT2D eigenvalue weighted by Gasteiger charge is 2.22. The van der Waals surface area contributed by atoms with E-state index in [0.717, 1.165) is 0 Å². The Morgan fingerprint density at radius 3 is 2.52 bits per heavy atom. The molecule has 0 fully saturated rings. The highest BCUT2D eigenvalue weighted by molar-refractivity contribution is 6.33. The quantitative estimate of drug-likeness (QED) is 0.858. The lowest BCUT2D eigenvalue weighted by molar-refractivity contribution is 0.0524. The van der Waals surface area contributed by atoms with Crippen LogP contribution in [0.2, 0.25) is 5.02 Å². The van der Waals surface area contributed by atoms with Gasteiger partial charge in [-0.2, -0.15) is 0 Å². The third kappa shape index (κ3) is 3.00. The number of aromatic hydroxyl groups is 1. The number of esters is 1. The van der Waals surface area contributed by atoms with Crippen LogP contribution in [-0.2, 0) is 4.74 Å². The van der Waals surface area contributed by atoms with Gasteiger partial charge in [0.25, 0.3) is 0 Å². The van der Waals surface area contributed by atoms with E-state index in [1.54, 1.807) is 19.9 Å². The van der Waals surface area contributed by atoms with Crippen molar-refractivity contribution in [3.8, 4) is 16.9 Å². The first kappa shape index (κ1) is 15.3. The standard InChI is InChI=1S/C16H14ClFO3/c1-3-21-16(20)13-12(8-9(2)14(17)15(13)19)10-4-6-11(18)7-5-10/h4-8,19H,3H2,1-2H3. The van der Waals surface area contributed by atoms with E-state index in [4.69, 9.17) is 16.3 Å². The molecule has 0 amide bonds. The van der Waals surface area contributed by atoms with Crippen molar-refractivity contribution in [1.29, 1.82) is 0 Å². The number of phenols is 1. The van der Waals surface area contributed by atoms with E-state index in [9.17, 15) is 14.3 Å². The number of hydrogen-bond donors (Lipinski definition) is 1. The predicted octanol–water partition coefficient (Wildman–Crippen LogP) is 4.34. The zero-order valence-corrected chi connectivity index (χ0v) is 12.4. The van der Waals surface area contributed by atoms with Gasteiger partial charge >= 0.3 is 5.97 Å². The average Bonchev–Trinajstić information content (AvgIpc) is 2.45. The van der Waals surface area contributed by atoms with Gasteiger partial charge in [0.2, 0.25) is 0 Å². The van der Waals surface area contributed by atoms with E-state index in [0.29, 0.717) is 16.7 Å². The normalized spacial score (nSPS) is 10.5. The van der Waals surface area contributed by atoms with E-state index in [1.807, 2.05) is 0 Å². The molecule has 0 aliphatic heterocycles. The molecule has 3 nitrogen and oxygen atoms in total. The minimum absolute atomic E-state index is 0.0148. The zero-order chi connectivity index (χ0) is 15.6. The molecule has 0 bridgehead atoms. The van der Waals surface area contributed by atoms with Gasteiger partial charge in [0.1, 0.15) is 17.1 Å². The number of rotatable bonds is 3. The van der Waals surface area contributed by atoms with Crippen molar-refractivity contribution in [2.24, 2.45) is 0 Å². The summed E-state index contributed by atoms with van der Waals surface area (Å²) >= 11 is 5.99. The van der Waals surface area contributed by atoms with Crippen molar-refractivity contribution >= 4 is 17.6 Å². The Morgan fingerprint density at radius 1 is 1.33 bits per heavy atom. The van der Waals surface area contributed by atoms with Crippen LogP contribution in [0.5, 0.6) is 5.75 Å². The fourth-order valence-corrected chi connectivity index (χ4v) is 2.19. The molecule has 0 aliphatic carbocycles. The second-order valence-electron chi connectivity index (χ2n) is 4.51. The van der Waals surface area contributed by atoms with Crippen LogP contribution in [0, 0.1) is 12.7 Å². The monoisotopic (exact) mass is 308 g/mol. The predicted molar refractivity (Wildman–Crippen MR) is 79.2 cm³/mol. The lowest BCUT2D eigenvalue weighted by atomic mass is 9.96. The van der Waals surface area contributed by atoms with E-state index in [-0.39, 0.29) is 28.8 Å². The molecule has 2 aromatic rings. The first-order chi connectivity index (χ1) is 9.95. The van der Waals surface area contributed by atoms with E-state index < -0.39 is 5.97 Å². The minimum Gasteiger partial charge on any atom is -0.505 e. The number of halogens is 2. The van der Waals surface area contributed by atoms with Crippen molar-refractivity contribution in [1.82, 2.24) is 0 Å². The fourth-order valence-electron chi connectivity index (χ4n) is 2.04. The molecule has 0 heterocycles. The molecular formula is C16H14ClFO3. The van der Waals surface area contributed by atoms with Crippen molar-refractivity contribution in [2.45, 2.75) is 13.8 Å². The number of phenolic OH excluding ortho intramolecular Hbond substituents is 1. The summed E-state index contributed by atoms with van der Waals surface area (Å²) in [5.74, 6) is -1.38. The molecule has 0 unspecified atom stereocenters. The van der Waals surface area contributed by atoms with Crippen molar-refractivity contribution in [3.63, 3.8) is 0 Å². The number of carbonyl (C=O) groups is 1. The van der Waals surface area contributed by atoms with Crippen LogP contribution in [0.3, 0.4) is 0 Å². The van der Waals surface area contributed by atoms with E-state index >= 15 is 0 Å². The third-order valence-corrected chi connectivity index (χ3v) is 3.53. The largest absolute Gasteiger partial charge is 0.505 e. The summed E-state index contributed by atoms with van der Waals surface area (Å²) in [4.78, 5) is 12.1. The molecule has 2 aromatic carbocycles. The molecule has 21 heavy (non-hydrogen) atoms. The maximum atomic E-state index is 13.0. The number of aryl methyl sites for hydroxylation is 1. The summed E-state index contributed by atoms with van der Waals surface area (Å²) in [5.41, 5.74) is 1.64. The molecular weight excluding hydrogens is 295 g/mol. The number of hydrogen-bond acceptors (Lipinski definition) is 3. The van der Waals surface area contributed by atoms with E-state index in [1.165, 1.54) is 24.3 Å². The van der Waals surface area contributed by atoms with Gasteiger partial charge in [0.05, 0.1) is 11.6 Å².